The Labute approximate surface area is 97.1 Å². The van der Waals surface area contributed by atoms with Gasteiger partial charge in [-0.2, -0.15) is 0 Å². The van der Waals surface area contributed by atoms with Gasteiger partial charge in [-0.15, -0.1) is 11.6 Å². The van der Waals surface area contributed by atoms with E-state index in [0.717, 1.165) is 12.8 Å². The van der Waals surface area contributed by atoms with Crippen LogP contribution >= 0.6 is 11.6 Å². The molecule has 1 nitrogen and oxygen atoms in total. The summed E-state index contributed by atoms with van der Waals surface area (Å²) >= 11 is 5.94. The van der Waals surface area contributed by atoms with Crippen molar-refractivity contribution in [2.45, 2.75) is 26.7 Å². The Hall–Kier alpha value is -0.690. The van der Waals surface area contributed by atoms with Gasteiger partial charge in [0.25, 0.3) is 0 Å². The smallest absolute Gasteiger partial charge is 0.115 e. The average molecular weight is 227 g/mol. The second-order valence-corrected chi connectivity index (χ2v) is 4.83. The minimum absolute atomic E-state index is 0.338. The molecule has 0 saturated carbocycles. The van der Waals surface area contributed by atoms with Gasteiger partial charge in [0.1, 0.15) is 5.75 Å². The summed E-state index contributed by atoms with van der Waals surface area (Å²) in [7, 11) is 0. The maximum absolute atomic E-state index is 9.35. The van der Waals surface area contributed by atoms with Gasteiger partial charge < -0.3 is 5.11 Å². The molecule has 2 heteroatoms. The van der Waals surface area contributed by atoms with Gasteiger partial charge in [0.2, 0.25) is 0 Å². The molecular weight excluding hydrogens is 208 g/mol. The van der Waals surface area contributed by atoms with Crippen LogP contribution in [0.1, 0.15) is 25.8 Å². The highest BCUT2D eigenvalue weighted by molar-refractivity contribution is 6.18. The zero-order chi connectivity index (χ0) is 11.3. The van der Waals surface area contributed by atoms with E-state index in [1.807, 2.05) is 18.2 Å². The molecule has 1 N–H and O–H groups in total. The molecule has 0 bridgehead atoms. The summed E-state index contributed by atoms with van der Waals surface area (Å²) in [5.74, 6) is 2.21. The number of hydrogen-bond donors (Lipinski definition) is 1. The zero-order valence-electron chi connectivity index (χ0n) is 9.41. The number of hydrogen-bond acceptors (Lipinski definition) is 1. The third kappa shape index (κ3) is 4.57. The van der Waals surface area contributed by atoms with Crippen molar-refractivity contribution in [2.75, 3.05) is 5.88 Å². The Morgan fingerprint density at radius 2 is 2.07 bits per heavy atom. The van der Waals surface area contributed by atoms with Gasteiger partial charge in [-0.05, 0) is 42.4 Å². The van der Waals surface area contributed by atoms with E-state index in [1.165, 1.54) is 5.56 Å². The summed E-state index contributed by atoms with van der Waals surface area (Å²) in [5.41, 5.74) is 1.17. The first kappa shape index (κ1) is 12.4. The highest BCUT2D eigenvalue weighted by Crippen LogP contribution is 2.20. The Bertz CT molecular complexity index is 296. The highest BCUT2D eigenvalue weighted by atomic mass is 35.5. The molecule has 0 aromatic heterocycles. The minimum atomic E-state index is 0.338. The van der Waals surface area contributed by atoms with E-state index in [4.69, 9.17) is 11.6 Å². The number of alkyl halides is 1. The summed E-state index contributed by atoms with van der Waals surface area (Å²) in [6, 6.07) is 7.44. The molecule has 0 heterocycles. The number of aromatic hydroxyl groups is 1. The lowest BCUT2D eigenvalue weighted by molar-refractivity contribution is 0.439. The van der Waals surface area contributed by atoms with Crippen LogP contribution in [-0.2, 0) is 6.42 Å². The maximum Gasteiger partial charge on any atom is 0.115 e. The van der Waals surface area contributed by atoms with Gasteiger partial charge >= 0.3 is 0 Å². The molecule has 1 atom stereocenters. The van der Waals surface area contributed by atoms with Crippen LogP contribution in [0.25, 0.3) is 0 Å². The molecule has 0 fully saturated rings. The summed E-state index contributed by atoms with van der Waals surface area (Å²) in [4.78, 5) is 0. The van der Waals surface area contributed by atoms with Crippen LogP contribution in [0.15, 0.2) is 24.3 Å². The van der Waals surface area contributed by atoms with E-state index in [1.54, 1.807) is 6.07 Å². The molecule has 0 amide bonds. The summed E-state index contributed by atoms with van der Waals surface area (Å²) < 4.78 is 0. The fourth-order valence-corrected chi connectivity index (χ4v) is 2.12. The van der Waals surface area contributed by atoms with Gasteiger partial charge in [-0.25, -0.2) is 0 Å². The van der Waals surface area contributed by atoms with E-state index in [9.17, 15) is 5.11 Å². The van der Waals surface area contributed by atoms with Crippen molar-refractivity contribution < 1.29 is 5.11 Å². The molecule has 15 heavy (non-hydrogen) atoms. The second kappa shape index (κ2) is 6.02. The maximum atomic E-state index is 9.35. The van der Waals surface area contributed by atoms with Crippen LogP contribution in [0.5, 0.6) is 5.75 Å². The Balaban J connectivity index is 2.58. The number of rotatable bonds is 5. The van der Waals surface area contributed by atoms with Gasteiger partial charge in [0.05, 0.1) is 0 Å². The van der Waals surface area contributed by atoms with Crippen molar-refractivity contribution in [2.24, 2.45) is 11.8 Å². The van der Waals surface area contributed by atoms with Crippen LogP contribution in [0.2, 0.25) is 0 Å². The van der Waals surface area contributed by atoms with E-state index in [0.29, 0.717) is 23.5 Å². The van der Waals surface area contributed by atoms with Crippen LogP contribution < -0.4 is 0 Å². The predicted octanol–water partition coefficient (Wildman–Crippen LogP) is 3.84. The van der Waals surface area contributed by atoms with Crippen molar-refractivity contribution in [3.05, 3.63) is 29.8 Å². The van der Waals surface area contributed by atoms with Crippen molar-refractivity contribution in [1.29, 1.82) is 0 Å². The van der Waals surface area contributed by atoms with Crippen LogP contribution in [-0.4, -0.2) is 11.0 Å². The quantitative estimate of drug-likeness (QED) is 0.757. The Kier molecular flexibility index (Phi) is 4.97. The summed E-state index contributed by atoms with van der Waals surface area (Å²) in [6.45, 7) is 4.42. The van der Waals surface area contributed by atoms with Crippen molar-refractivity contribution in [3.8, 4) is 5.75 Å². The number of benzene rings is 1. The molecule has 0 radical (unpaired) electrons. The lowest BCUT2D eigenvalue weighted by Gasteiger charge is -2.16. The van der Waals surface area contributed by atoms with Crippen molar-refractivity contribution >= 4 is 11.6 Å². The van der Waals surface area contributed by atoms with Crippen molar-refractivity contribution in [3.63, 3.8) is 0 Å². The Morgan fingerprint density at radius 3 is 2.60 bits per heavy atom. The molecule has 0 spiro atoms. The first-order valence-electron chi connectivity index (χ1n) is 5.45. The van der Waals surface area contributed by atoms with E-state index in [-0.39, 0.29) is 0 Å². The lowest BCUT2D eigenvalue weighted by atomic mass is 9.92. The third-order valence-electron chi connectivity index (χ3n) is 2.46. The first-order valence-corrected chi connectivity index (χ1v) is 5.99. The summed E-state index contributed by atoms with van der Waals surface area (Å²) in [5, 5.41) is 9.35. The first-order chi connectivity index (χ1) is 7.11. The van der Waals surface area contributed by atoms with Crippen LogP contribution in [0.3, 0.4) is 0 Å². The molecule has 1 aromatic carbocycles. The monoisotopic (exact) mass is 226 g/mol. The highest BCUT2D eigenvalue weighted by Gasteiger charge is 2.10. The molecule has 0 aliphatic carbocycles. The Morgan fingerprint density at radius 1 is 1.33 bits per heavy atom. The SMILES string of the molecule is CC(C)CC(CCl)Cc1cccc(O)c1. The lowest BCUT2D eigenvalue weighted by Crippen LogP contribution is -2.09. The average Bonchev–Trinajstić information content (AvgIpc) is 2.16. The third-order valence-corrected chi connectivity index (χ3v) is 2.89. The molecule has 84 valence electrons. The fraction of sp³-hybridized carbons (Fsp3) is 0.538. The predicted molar refractivity (Wildman–Crippen MR) is 65.5 cm³/mol. The van der Waals surface area contributed by atoms with Crippen LogP contribution in [0, 0.1) is 11.8 Å². The fourth-order valence-electron chi connectivity index (χ4n) is 1.88. The van der Waals surface area contributed by atoms with Crippen molar-refractivity contribution in [1.82, 2.24) is 0 Å². The van der Waals surface area contributed by atoms with E-state index in [2.05, 4.69) is 13.8 Å². The number of halogens is 1. The zero-order valence-corrected chi connectivity index (χ0v) is 10.2. The van der Waals surface area contributed by atoms with Gasteiger partial charge in [-0.3, -0.25) is 0 Å². The second-order valence-electron chi connectivity index (χ2n) is 4.52. The molecule has 0 aliphatic rings. The van der Waals surface area contributed by atoms with E-state index >= 15 is 0 Å². The normalized spacial score (nSPS) is 13.1. The topological polar surface area (TPSA) is 20.2 Å². The molecule has 0 saturated heterocycles. The number of phenols is 1. The minimum Gasteiger partial charge on any atom is -0.508 e. The van der Waals surface area contributed by atoms with Gasteiger partial charge in [-0.1, -0.05) is 26.0 Å². The molecule has 0 aliphatic heterocycles. The molecule has 1 aromatic rings. The number of phenolic OH excluding ortho intramolecular Hbond substituents is 1. The molecule has 1 rings (SSSR count). The summed E-state index contributed by atoms with van der Waals surface area (Å²) in [6.07, 6.45) is 2.09. The van der Waals surface area contributed by atoms with Gasteiger partial charge in [0, 0.05) is 5.88 Å². The molecule has 1 unspecified atom stereocenters. The van der Waals surface area contributed by atoms with E-state index < -0.39 is 0 Å². The van der Waals surface area contributed by atoms with Crippen LogP contribution in [0.4, 0.5) is 0 Å². The standard InChI is InChI=1S/C13H19ClO/c1-10(2)6-12(9-14)7-11-4-3-5-13(15)8-11/h3-5,8,10,12,15H,6-7,9H2,1-2H3. The molecular formula is C13H19ClO. The van der Waals surface area contributed by atoms with Gasteiger partial charge in [0.15, 0.2) is 0 Å². The largest absolute Gasteiger partial charge is 0.508 e.